The fraction of sp³-hybridized carbons (Fsp3) is 0.619. The van der Waals surface area contributed by atoms with E-state index in [1.807, 2.05) is 0 Å². The molecule has 0 heterocycles. The van der Waals surface area contributed by atoms with Gasteiger partial charge in [-0.2, -0.15) is 0 Å². The van der Waals surface area contributed by atoms with Crippen molar-refractivity contribution in [1.82, 2.24) is 5.32 Å². The summed E-state index contributed by atoms with van der Waals surface area (Å²) in [5, 5.41) is 3.18. The van der Waals surface area contributed by atoms with E-state index in [1.54, 1.807) is 24.3 Å². The van der Waals surface area contributed by atoms with E-state index in [2.05, 4.69) is 12.2 Å². The summed E-state index contributed by atoms with van der Waals surface area (Å²) in [6.07, 6.45) is 7.95. The number of amides is 2. The van der Waals surface area contributed by atoms with Crippen molar-refractivity contribution in [2.45, 2.75) is 51.5 Å². The maximum atomic E-state index is 12.4. The molecular weight excluding hydrogens is 328 g/mol. The van der Waals surface area contributed by atoms with E-state index in [-0.39, 0.29) is 24.0 Å². The molecule has 4 saturated carbocycles. The van der Waals surface area contributed by atoms with Gasteiger partial charge in [-0.3, -0.25) is 9.59 Å². The Labute approximate surface area is 154 Å². The first kappa shape index (κ1) is 17.4. The lowest BCUT2D eigenvalue weighted by molar-refractivity contribution is -0.127. The van der Waals surface area contributed by atoms with Crippen LogP contribution in [0.3, 0.4) is 0 Å². The average Bonchev–Trinajstić information content (AvgIpc) is 2.59. The van der Waals surface area contributed by atoms with Gasteiger partial charge < -0.3 is 15.8 Å². The lowest BCUT2D eigenvalue weighted by Crippen LogP contribution is -2.56. The largest absolute Gasteiger partial charge is 0.483 e. The Morgan fingerprint density at radius 1 is 1.15 bits per heavy atom. The molecule has 5 nitrogen and oxygen atoms in total. The first-order chi connectivity index (χ1) is 12.4. The summed E-state index contributed by atoms with van der Waals surface area (Å²) >= 11 is 0. The molecule has 5 rings (SSSR count). The molecule has 4 aliphatic carbocycles. The topological polar surface area (TPSA) is 81.4 Å². The van der Waals surface area contributed by atoms with E-state index < -0.39 is 5.91 Å². The molecule has 4 aliphatic rings. The highest BCUT2D eigenvalue weighted by Crippen LogP contribution is 2.61. The number of rotatable bonds is 6. The maximum Gasteiger partial charge on any atom is 0.258 e. The smallest absolute Gasteiger partial charge is 0.258 e. The highest BCUT2D eigenvalue weighted by atomic mass is 16.5. The maximum absolute atomic E-state index is 12.4. The number of hydrogen-bond acceptors (Lipinski definition) is 3. The predicted octanol–water partition coefficient (Wildman–Crippen LogP) is 2.89. The zero-order valence-corrected chi connectivity index (χ0v) is 15.4. The van der Waals surface area contributed by atoms with Crippen molar-refractivity contribution in [3.63, 3.8) is 0 Å². The Morgan fingerprint density at radius 2 is 1.73 bits per heavy atom. The number of nitrogens with two attached hydrogens (primary N) is 1. The molecule has 0 aromatic heterocycles. The third-order valence-electron chi connectivity index (χ3n) is 6.89. The molecule has 4 fully saturated rings. The SMILES string of the molecule is CC(NC(=O)COc1ccccc1C(N)=O)C12CC3CC(CC(C3)C1)C2. The van der Waals surface area contributed by atoms with E-state index in [4.69, 9.17) is 10.5 Å². The van der Waals surface area contributed by atoms with E-state index in [0.717, 1.165) is 17.8 Å². The summed E-state index contributed by atoms with van der Waals surface area (Å²) in [7, 11) is 0. The molecule has 3 N–H and O–H groups in total. The summed E-state index contributed by atoms with van der Waals surface area (Å²) in [6.45, 7) is 2.06. The molecular formula is C21H28N2O3. The van der Waals surface area contributed by atoms with Gasteiger partial charge >= 0.3 is 0 Å². The van der Waals surface area contributed by atoms with Gasteiger partial charge in [-0.05, 0) is 80.8 Å². The number of carbonyl (C=O) groups excluding carboxylic acids is 2. The van der Waals surface area contributed by atoms with Crippen molar-refractivity contribution >= 4 is 11.8 Å². The fourth-order valence-corrected chi connectivity index (χ4v) is 6.08. The molecule has 0 spiro atoms. The molecule has 0 aliphatic heterocycles. The molecule has 1 atom stereocenters. The second-order valence-electron chi connectivity index (χ2n) is 8.72. The third-order valence-corrected chi connectivity index (χ3v) is 6.89. The van der Waals surface area contributed by atoms with Crippen LogP contribution in [-0.4, -0.2) is 24.5 Å². The first-order valence-corrected chi connectivity index (χ1v) is 9.76. The van der Waals surface area contributed by atoms with E-state index in [0.29, 0.717) is 11.3 Å². The predicted molar refractivity (Wildman–Crippen MR) is 98.7 cm³/mol. The number of ether oxygens (including phenoxy) is 1. The van der Waals surface area contributed by atoms with Gasteiger partial charge in [0, 0.05) is 6.04 Å². The van der Waals surface area contributed by atoms with Crippen molar-refractivity contribution in [2.24, 2.45) is 28.9 Å². The Balaban J connectivity index is 1.36. The van der Waals surface area contributed by atoms with Crippen LogP contribution >= 0.6 is 0 Å². The van der Waals surface area contributed by atoms with Crippen molar-refractivity contribution in [3.05, 3.63) is 29.8 Å². The molecule has 0 radical (unpaired) electrons. The van der Waals surface area contributed by atoms with Gasteiger partial charge in [0.25, 0.3) is 11.8 Å². The third kappa shape index (κ3) is 3.19. The lowest BCUT2D eigenvalue weighted by Gasteiger charge is -2.59. The van der Waals surface area contributed by atoms with Crippen LogP contribution in [0.5, 0.6) is 5.75 Å². The minimum absolute atomic E-state index is 0.0962. The second kappa shape index (κ2) is 6.60. The normalized spacial score (nSPS) is 32.9. The van der Waals surface area contributed by atoms with Crippen LogP contribution in [0.25, 0.3) is 0 Å². The Hall–Kier alpha value is -2.04. The van der Waals surface area contributed by atoms with Crippen molar-refractivity contribution in [1.29, 1.82) is 0 Å². The fourth-order valence-electron chi connectivity index (χ4n) is 6.08. The van der Waals surface area contributed by atoms with Gasteiger partial charge in [0.05, 0.1) is 5.56 Å². The van der Waals surface area contributed by atoms with Crippen LogP contribution in [0.4, 0.5) is 0 Å². The standard InChI is InChI=1S/C21H28N2O3/c1-13(21-9-14-6-15(10-21)8-16(7-14)11-21)23-19(24)12-26-18-5-3-2-4-17(18)20(22)25/h2-5,13-16H,6-12H2,1H3,(H2,22,25)(H,23,24). The number of hydrogen-bond donors (Lipinski definition) is 2. The Kier molecular flexibility index (Phi) is 4.41. The van der Waals surface area contributed by atoms with Crippen LogP contribution in [0.2, 0.25) is 0 Å². The second-order valence-corrected chi connectivity index (χ2v) is 8.72. The highest BCUT2D eigenvalue weighted by Gasteiger charge is 2.53. The van der Waals surface area contributed by atoms with Crippen molar-refractivity contribution < 1.29 is 14.3 Å². The molecule has 140 valence electrons. The minimum atomic E-state index is -0.553. The zero-order chi connectivity index (χ0) is 18.3. The minimum Gasteiger partial charge on any atom is -0.483 e. The number of nitrogens with one attached hydrogen (secondary N) is 1. The zero-order valence-electron chi connectivity index (χ0n) is 15.4. The molecule has 1 aromatic rings. The van der Waals surface area contributed by atoms with Crippen LogP contribution in [-0.2, 0) is 4.79 Å². The number of para-hydroxylation sites is 1. The molecule has 1 aromatic carbocycles. The molecule has 1 unspecified atom stereocenters. The summed E-state index contributed by atoms with van der Waals surface area (Å²) < 4.78 is 5.57. The van der Waals surface area contributed by atoms with Gasteiger partial charge in [0.15, 0.2) is 6.61 Å². The van der Waals surface area contributed by atoms with Crippen molar-refractivity contribution in [2.75, 3.05) is 6.61 Å². The number of primary amides is 1. The van der Waals surface area contributed by atoms with Crippen molar-refractivity contribution in [3.8, 4) is 5.75 Å². The summed E-state index contributed by atoms with van der Waals surface area (Å²) in [4.78, 5) is 23.9. The molecule has 5 heteroatoms. The highest BCUT2D eigenvalue weighted by molar-refractivity contribution is 5.95. The van der Waals surface area contributed by atoms with Crippen LogP contribution in [0.1, 0.15) is 55.8 Å². The number of carbonyl (C=O) groups is 2. The van der Waals surface area contributed by atoms with E-state index in [9.17, 15) is 9.59 Å². The summed E-state index contributed by atoms with van der Waals surface area (Å²) in [6, 6.07) is 6.92. The molecule has 4 bridgehead atoms. The summed E-state index contributed by atoms with van der Waals surface area (Å²) in [5.41, 5.74) is 5.93. The van der Waals surface area contributed by atoms with Crippen LogP contribution in [0, 0.1) is 23.2 Å². The molecule has 2 amide bonds. The molecule has 26 heavy (non-hydrogen) atoms. The summed E-state index contributed by atoms with van der Waals surface area (Å²) in [5.74, 6) is 2.26. The Morgan fingerprint density at radius 3 is 2.31 bits per heavy atom. The van der Waals surface area contributed by atoms with Gasteiger partial charge in [-0.25, -0.2) is 0 Å². The van der Waals surface area contributed by atoms with Crippen LogP contribution < -0.4 is 15.8 Å². The van der Waals surface area contributed by atoms with E-state index >= 15 is 0 Å². The first-order valence-electron chi connectivity index (χ1n) is 9.76. The van der Waals surface area contributed by atoms with Gasteiger partial charge in [0.2, 0.25) is 0 Å². The lowest BCUT2D eigenvalue weighted by atomic mass is 9.48. The monoisotopic (exact) mass is 356 g/mol. The Bertz CT molecular complexity index is 680. The number of benzene rings is 1. The average molecular weight is 356 g/mol. The van der Waals surface area contributed by atoms with Gasteiger partial charge in [-0.1, -0.05) is 12.1 Å². The van der Waals surface area contributed by atoms with Gasteiger partial charge in [0.1, 0.15) is 5.75 Å². The molecule has 0 saturated heterocycles. The van der Waals surface area contributed by atoms with E-state index in [1.165, 1.54) is 38.5 Å². The quantitative estimate of drug-likeness (QED) is 0.822. The van der Waals surface area contributed by atoms with Gasteiger partial charge in [-0.15, -0.1) is 0 Å². The van der Waals surface area contributed by atoms with Crippen LogP contribution in [0.15, 0.2) is 24.3 Å².